The van der Waals surface area contributed by atoms with Crippen LogP contribution >= 0.6 is 11.6 Å². The predicted molar refractivity (Wildman–Crippen MR) is 82.3 cm³/mol. The number of hydrogen-bond donors (Lipinski definition) is 3. The zero-order valence-electron chi connectivity index (χ0n) is 11.7. The summed E-state index contributed by atoms with van der Waals surface area (Å²) in [4.78, 5) is 12.3. The highest BCUT2D eigenvalue weighted by molar-refractivity contribution is 6.31. The van der Waals surface area contributed by atoms with Crippen LogP contribution in [0.1, 0.15) is 53.5 Å². The van der Waals surface area contributed by atoms with Gasteiger partial charge in [-0.3, -0.25) is 9.89 Å². The number of nitrogens with zero attached hydrogens (tertiary/aromatic N) is 1. The fourth-order valence-corrected chi connectivity index (χ4v) is 2.69. The van der Waals surface area contributed by atoms with E-state index in [9.17, 15) is 4.79 Å². The third kappa shape index (κ3) is 2.74. The Bertz CT molecular complexity index is 678. The zero-order valence-corrected chi connectivity index (χ0v) is 12.4. The Kier molecular flexibility index (Phi) is 3.59. The van der Waals surface area contributed by atoms with Gasteiger partial charge in [0.15, 0.2) is 5.69 Å². The minimum absolute atomic E-state index is 0.216. The quantitative estimate of drug-likeness (QED) is 0.812. The van der Waals surface area contributed by atoms with Crippen LogP contribution in [0.2, 0.25) is 5.02 Å². The number of hydrogen-bond acceptors (Lipinski definition) is 3. The van der Waals surface area contributed by atoms with Gasteiger partial charge in [-0.05, 0) is 31.4 Å². The van der Waals surface area contributed by atoms with Crippen molar-refractivity contribution in [2.45, 2.75) is 31.7 Å². The van der Waals surface area contributed by atoms with Crippen LogP contribution in [0.5, 0.6) is 0 Å². The minimum atomic E-state index is -0.289. The summed E-state index contributed by atoms with van der Waals surface area (Å²) in [6.07, 6.45) is 2.20. The van der Waals surface area contributed by atoms with Gasteiger partial charge in [-0.15, -0.1) is 0 Å². The van der Waals surface area contributed by atoms with E-state index in [1.165, 1.54) is 0 Å². The van der Waals surface area contributed by atoms with Crippen molar-refractivity contribution in [1.29, 1.82) is 0 Å². The third-order valence-electron chi connectivity index (χ3n) is 3.75. The second-order valence-electron chi connectivity index (χ2n) is 5.39. The molecule has 1 aliphatic rings. The monoisotopic (exact) mass is 304 g/mol. The lowest BCUT2D eigenvalue weighted by molar-refractivity contribution is 0.0935. The van der Waals surface area contributed by atoms with Crippen LogP contribution in [0.3, 0.4) is 0 Å². The van der Waals surface area contributed by atoms with Crippen LogP contribution in [0.15, 0.2) is 24.3 Å². The molecule has 110 valence electrons. The normalized spacial score (nSPS) is 15.7. The molecule has 6 heteroatoms. The number of anilines is 1. The Morgan fingerprint density at radius 2 is 2.19 bits per heavy atom. The van der Waals surface area contributed by atoms with Crippen molar-refractivity contribution in [3.63, 3.8) is 0 Å². The second kappa shape index (κ2) is 5.41. The van der Waals surface area contributed by atoms with Crippen molar-refractivity contribution >= 4 is 23.2 Å². The highest BCUT2D eigenvalue weighted by Gasteiger charge is 2.30. The van der Waals surface area contributed by atoms with Gasteiger partial charge in [0, 0.05) is 10.9 Å². The van der Waals surface area contributed by atoms with Crippen LogP contribution in [0.25, 0.3) is 0 Å². The number of nitrogen functional groups attached to an aromatic ring is 1. The van der Waals surface area contributed by atoms with E-state index in [2.05, 4.69) is 15.5 Å². The topological polar surface area (TPSA) is 83.8 Å². The molecule has 1 aliphatic carbocycles. The summed E-state index contributed by atoms with van der Waals surface area (Å²) >= 11 is 6.14. The fourth-order valence-electron chi connectivity index (χ4n) is 2.39. The largest absolute Gasteiger partial charge is 0.395 e. The summed E-state index contributed by atoms with van der Waals surface area (Å²) in [5, 5.41) is 10.4. The van der Waals surface area contributed by atoms with Gasteiger partial charge in [0.1, 0.15) is 0 Å². The van der Waals surface area contributed by atoms with Gasteiger partial charge in [0.2, 0.25) is 0 Å². The summed E-state index contributed by atoms with van der Waals surface area (Å²) in [7, 11) is 0. The maximum Gasteiger partial charge on any atom is 0.274 e. The van der Waals surface area contributed by atoms with Crippen LogP contribution in [0.4, 0.5) is 5.69 Å². The van der Waals surface area contributed by atoms with E-state index in [0.717, 1.165) is 24.1 Å². The SMILES string of the molecule is CC(NC(=O)c1n[nH]c(C2CC2)c1N)c1ccccc1Cl. The molecule has 1 heterocycles. The second-order valence-corrected chi connectivity index (χ2v) is 5.80. The number of aromatic amines is 1. The zero-order chi connectivity index (χ0) is 15.0. The lowest BCUT2D eigenvalue weighted by Crippen LogP contribution is -2.27. The maximum absolute atomic E-state index is 12.3. The van der Waals surface area contributed by atoms with Gasteiger partial charge < -0.3 is 11.1 Å². The van der Waals surface area contributed by atoms with E-state index in [4.69, 9.17) is 17.3 Å². The molecule has 1 fully saturated rings. The molecule has 1 saturated carbocycles. The number of benzene rings is 1. The first kappa shape index (κ1) is 13.9. The summed E-state index contributed by atoms with van der Waals surface area (Å²) in [6, 6.07) is 7.21. The molecule has 1 aromatic carbocycles. The van der Waals surface area contributed by atoms with Crippen LogP contribution < -0.4 is 11.1 Å². The van der Waals surface area contributed by atoms with Crippen LogP contribution in [-0.4, -0.2) is 16.1 Å². The average Bonchev–Trinajstić information content (AvgIpc) is 3.22. The summed E-state index contributed by atoms with van der Waals surface area (Å²) in [5.74, 6) is 0.142. The van der Waals surface area contributed by atoms with E-state index in [-0.39, 0.29) is 17.6 Å². The lowest BCUT2D eigenvalue weighted by Gasteiger charge is -2.15. The molecule has 0 spiro atoms. The molecule has 0 bridgehead atoms. The molecule has 1 amide bonds. The van der Waals surface area contributed by atoms with Gasteiger partial charge >= 0.3 is 0 Å². The van der Waals surface area contributed by atoms with Gasteiger partial charge in [0.25, 0.3) is 5.91 Å². The average molecular weight is 305 g/mol. The number of halogens is 1. The van der Waals surface area contributed by atoms with Gasteiger partial charge in [-0.25, -0.2) is 0 Å². The number of nitrogens with two attached hydrogens (primary N) is 1. The van der Waals surface area contributed by atoms with Crippen molar-refractivity contribution in [3.05, 3.63) is 46.2 Å². The molecule has 1 atom stereocenters. The number of nitrogens with one attached hydrogen (secondary N) is 2. The van der Waals surface area contributed by atoms with E-state index in [1.54, 1.807) is 6.07 Å². The molecule has 0 radical (unpaired) electrons. The smallest absolute Gasteiger partial charge is 0.274 e. The maximum atomic E-state index is 12.3. The Labute approximate surface area is 127 Å². The first-order valence-corrected chi connectivity index (χ1v) is 7.34. The van der Waals surface area contributed by atoms with Crippen molar-refractivity contribution in [3.8, 4) is 0 Å². The van der Waals surface area contributed by atoms with E-state index in [1.807, 2.05) is 25.1 Å². The van der Waals surface area contributed by atoms with Crippen molar-refractivity contribution in [2.24, 2.45) is 0 Å². The van der Waals surface area contributed by atoms with Gasteiger partial charge in [-0.2, -0.15) is 5.10 Å². The summed E-state index contributed by atoms with van der Waals surface area (Å²) in [6.45, 7) is 1.88. The third-order valence-corrected chi connectivity index (χ3v) is 4.10. The molecule has 3 rings (SSSR count). The van der Waals surface area contributed by atoms with Crippen LogP contribution in [-0.2, 0) is 0 Å². The first-order chi connectivity index (χ1) is 10.1. The predicted octanol–water partition coefficient (Wildman–Crippen LogP) is 3.01. The molecular formula is C15H17ClN4O. The lowest BCUT2D eigenvalue weighted by atomic mass is 10.1. The molecule has 1 unspecified atom stereocenters. The van der Waals surface area contributed by atoms with Crippen molar-refractivity contribution in [1.82, 2.24) is 15.5 Å². The number of aromatic nitrogens is 2. The molecule has 5 nitrogen and oxygen atoms in total. The standard InChI is InChI=1S/C15H17ClN4O/c1-8(10-4-2-3-5-11(10)16)18-15(21)14-12(17)13(19-20-14)9-6-7-9/h2-5,8-9H,6-7,17H2,1H3,(H,18,21)(H,19,20). The Morgan fingerprint density at radius 1 is 1.48 bits per heavy atom. The summed E-state index contributed by atoms with van der Waals surface area (Å²) in [5.41, 5.74) is 8.47. The Hall–Kier alpha value is -2.01. The molecule has 0 aliphatic heterocycles. The van der Waals surface area contributed by atoms with Crippen LogP contribution in [0, 0.1) is 0 Å². The minimum Gasteiger partial charge on any atom is -0.395 e. The van der Waals surface area contributed by atoms with E-state index < -0.39 is 0 Å². The number of rotatable bonds is 4. The van der Waals surface area contributed by atoms with Crippen molar-refractivity contribution in [2.75, 3.05) is 5.73 Å². The highest BCUT2D eigenvalue weighted by atomic mass is 35.5. The number of carbonyl (C=O) groups excluding carboxylic acids is 1. The molecule has 0 saturated heterocycles. The highest BCUT2D eigenvalue weighted by Crippen LogP contribution is 2.42. The molecule has 4 N–H and O–H groups in total. The molecular weight excluding hydrogens is 288 g/mol. The first-order valence-electron chi connectivity index (χ1n) is 6.97. The fraction of sp³-hybridized carbons (Fsp3) is 0.333. The van der Waals surface area contributed by atoms with Crippen molar-refractivity contribution < 1.29 is 4.79 Å². The number of carbonyl (C=O) groups is 1. The molecule has 2 aromatic rings. The van der Waals surface area contributed by atoms with E-state index >= 15 is 0 Å². The Morgan fingerprint density at radius 3 is 2.86 bits per heavy atom. The van der Waals surface area contributed by atoms with Gasteiger partial charge in [-0.1, -0.05) is 29.8 Å². The molecule has 21 heavy (non-hydrogen) atoms. The Balaban J connectivity index is 1.75. The van der Waals surface area contributed by atoms with E-state index in [0.29, 0.717) is 16.6 Å². The molecule has 1 aromatic heterocycles. The number of H-pyrrole nitrogens is 1. The van der Waals surface area contributed by atoms with Gasteiger partial charge in [0.05, 0.1) is 17.4 Å². The summed E-state index contributed by atoms with van der Waals surface area (Å²) < 4.78 is 0. The number of amides is 1.